The molecule has 9 rings (SSSR count). The lowest BCUT2D eigenvalue weighted by Gasteiger charge is -2.19. The van der Waals surface area contributed by atoms with Crippen molar-refractivity contribution in [3.05, 3.63) is 180 Å². The lowest BCUT2D eigenvalue weighted by molar-refractivity contribution is 1.18. The second-order valence-corrected chi connectivity index (χ2v) is 12.2. The third-order valence-electron chi connectivity index (χ3n) is 9.58. The van der Waals surface area contributed by atoms with Crippen molar-refractivity contribution in [2.24, 2.45) is 0 Å². The highest BCUT2D eigenvalue weighted by atomic mass is 15.0. The van der Waals surface area contributed by atoms with E-state index in [9.17, 15) is 5.26 Å². The van der Waals surface area contributed by atoms with Crippen LogP contribution < -0.4 is 0 Å². The SMILES string of the molecule is [C-]#[N+]c1ccc2c3cc(C#N)ccc3n(-c3cccc(-c4ccccc4-c4cccc([N+]#[C-])c4-n4c5ccccc5c5ccccc54)c3)c2c1. The van der Waals surface area contributed by atoms with Crippen molar-refractivity contribution in [2.75, 3.05) is 0 Å². The summed E-state index contributed by atoms with van der Waals surface area (Å²) in [5.41, 5.74) is 11.5. The van der Waals surface area contributed by atoms with Crippen LogP contribution in [0.5, 0.6) is 0 Å². The summed E-state index contributed by atoms with van der Waals surface area (Å²) in [7, 11) is 0. The number of benzene rings is 7. The van der Waals surface area contributed by atoms with Gasteiger partial charge in [-0.1, -0.05) is 103 Å². The smallest absolute Gasteiger partial charge is 0.211 e. The molecule has 0 aliphatic carbocycles. The van der Waals surface area contributed by atoms with Gasteiger partial charge >= 0.3 is 0 Å². The first-order chi connectivity index (χ1) is 24.7. The van der Waals surface area contributed by atoms with Crippen molar-refractivity contribution in [3.8, 4) is 39.7 Å². The van der Waals surface area contributed by atoms with E-state index in [0.717, 1.165) is 77.2 Å². The minimum absolute atomic E-state index is 0.556. The largest absolute Gasteiger partial charge is 0.318 e. The average Bonchev–Trinajstić information content (AvgIpc) is 3.69. The number of nitrogens with zero attached hydrogens (tertiary/aromatic N) is 5. The average molecular weight is 636 g/mol. The van der Waals surface area contributed by atoms with Crippen LogP contribution in [0.1, 0.15) is 5.56 Å². The number of para-hydroxylation sites is 3. The first-order valence-electron chi connectivity index (χ1n) is 16.2. The molecule has 0 fully saturated rings. The van der Waals surface area contributed by atoms with Gasteiger partial charge in [-0.05, 0) is 70.8 Å². The molecular formula is C45H25N5. The lowest BCUT2D eigenvalue weighted by Crippen LogP contribution is -1.99. The molecule has 0 amide bonds. The molecule has 0 bridgehead atoms. The highest BCUT2D eigenvalue weighted by molar-refractivity contribution is 6.12. The first kappa shape index (κ1) is 28.8. The summed E-state index contributed by atoms with van der Waals surface area (Å²) in [6.45, 7) is 15.9. The van der Waals surface area contributed by atoms with Crippen LogP contribution in [0.25, 0.3) is 86.9 Å². The van der Waals surface area contributed by atoms with E-state index < -0.39 is 0 Å². The van der Waals surface area contributed by atoms with Gasteiger partial charge in [0, 0.05) is 32.7 Å². The molecule has 0 N–H and O–H groups in total. The van der Waals surface area contributed by atoms with Gasteiger partial charge in [0.05, 0.1) is 47.0 Å². The van der Waals surface area contributed by atoms with Crippen LogP contribution in [-0.2, 0) is 0 Å². The fourth-order valence-electron chi connectivity index (χ4n) is 7.45. The maximum atomic E-state index is 9.66. The molecule has 0 unspecified atom stereocenters. The Bertz CT molecular complexity index is 2920. The van der Waals surface area contributed by atoms with E-state index in [2.05, 4.69) is 116 Å². The Kier molecular flexibility index (Phi) is 6.56. The summed E-state index contributed by atoms with van der Waals surface area (Å²) in [6.07, 6.45) is 0. The second-order valence-electron chi connectivity index (χ2n) is 12.2. The number of rotatable bonds is 4. The van der Waals surface area contributed by atoms with Crippen molar-refractivity contribution < 1.29 is 0 Å². The summed E-state index contributed by atoms with van der Waals surface area (Å²) in [5, 5.41) is 13.9. The number of nitriles is 1. The maximum Gasteiger partial charge on any atom is 0.211 e. The topological polar surface area (TPSA) is 42.4 Å². The van der Waals surface area contributed by atoms with Crippen molar-refractivity contribution in [2.45, 2.75) is 0 Å². The van der Waals surface area contributed by atoms with Crippen LogP contribution in [0.2, 0.25) is 0 Å². The van der Waals surface area contributed by atoms with Crippen LogP contribution in [0.15, 0.2) is 152 Å². The van der Waals surface area contributed by atoms with Crippen LogP contribution in [0, 0.1) is 24.5 Å². The summed E-state index contributed by atoms with van der Waals surface area (Å²) in [5.74, 6) is 0. The van der Waals surface area contributed by atoms with E-state index >= 15 is 0 Å². The van der Waals surface area contributed by atoms with Gasteiger partial charge < -0.3 is 9.13 Å². The standard InChI is InChI=1S/C45H25N5/c1-47-31-22-23-37-39-25-29(28-46)21-24-43(39)49(44(37)27-31)32-12-9-11-30(26-32)33-13-3-4-14-34(33)38-17-10-18-40(48-2)45(38)50-41-19-7-5-15-35(41)36-16-6-8-20-42(36)50/h3-27H. The molecule has 50 heavy (non-hydrogen) atoms. The number of aromatic nitrogens is 2. The first-order valence-corrected chi connectivity index (χ1v) is 16.2. The van der Waals surface area contributed by atoms with Crippen molar-refractivity contribution in [1.82, 2.24) is 9.13 Å². The highest BCUT2D eigenvalue weighted by Crippen LogP contribution is 2.44. The van der Waals surface area contributed by atoms with E-state index in [1.54, 1.807) is 0 Å². The predicted molar refractivity (Wildman–Crippen MR) is 203 cm³/mol. The van der Waals surface area contributed by atoms with E-state index in [1.165, 1.54) is 0 Å². The van der Waals surface area contributed by atoms with Crippen LogP contribution in [-0.4, -0.2) is 9.13 Å². The zero-order valence-electron chi connectivity index (χ0n) is 26.7. The monoisotopic (exact) mass is 635 g/mol. The van der Waals surface area contributed by atoms with Crippen LogP contribution in [0.4, 0.5) is 11.4 Å². The molecule has 0 radical (unpaired) electrons. The Labute approximate surface area is 288 Å². The molecule has 230 valence electrons. The highest BCUT2D eigenvalue weighted by Gasteiger charge is 2.21. The summed E-state index contributed by atoms with van der Waals surface area (Å²) in [6, 6.07) is 53.3. The van der Waals surface area contributed by atoms with Gasteiger partial charge in [-0.2, -0.15) is 5.26 Å². The summed E-state index contributed by atoms with van der Waals surface area (Å²) in [4.78, 5) is 7.76. The number of hydrogen-bond donors (Lipinski definition) is 0. The van der Waals surface area contributed by atoms with Gasteiger partial charge in [0.15, 0.2) is 5.69 Å². The third-order valence-corrected chi connectivity index (χ3v) is 9.58. The molecule has 0 spiro atoms. The van der Waals surface area contributed by atoms with Gasteiger partial charge in [-0.3, -0.25) is 0 Å². The second kappa shape index (κ2) is 11.4. The minimum Gasteiger partial charge on any atom is -0.318 e. The quantitative estimate of drug-likeness (QED) is 0.177. The molecule has 0 saturated heterocycles. The fourth-order valence-corrected chi connectivity index (χ4v) is 7.45. The van der Waals surface area contributed by atoms with E-state index in [4.69, 9.17) is 13.1 Å². The van der Waals surface area contributed by atoms with E-state index in [-0.39, 0.29) is 0 Å². The summed E-state index contributed by atoms with van der Waals surface area (Å²) < 4.78 is 4.42. The molecule has 2 heterocycles. The molecular weight excluding hydrogens is 611 g/mol. The molecule has 7 aromatic carbocycles. The molecule has 5 heteroatoms. The van der Waals surface area contributed by atoms with Gasteiger partial charge in [0.25, 0.3) is 0 Å². The molecule has 2 aromatic heterocycles. The minimum atomic E-state index is 0.556. The normalized spacial score (nSPS) is 11.1. The van der Waals surface area contributed by atoms with Crippen molar-refractivity contribution in [3.63, 3.8) is 0 Å². The molecule has 0 aliphatic rings. The Morgan fingerprint density at radius 1 is 0.480 bits per heavy atom. The van der Waals surface area contributed by atoms with Gasteiger partial charge in [0.1, 0.15) is 0 Å². The number of fused-ring (bicyclic) bond motifs is 6. The molecule has 0 saturated carbocycles. The van der Waals surface area contributed by atoms with Crippen LogP contribution >= 0.6 is 0 Å². The molecule has 0 aliphatic heterocycles. The predicted octanol–water partition coefficient (Wildman–Crippen LogP) is 12.2. The lowest BCUT2D eigenvalue weighted by atomic mass is 9.92. The molecule has 9 aromatic rings. The Morgan fingerprint density at radius 3 is 1.88 bits per heavy atom. The third kappa shape index (κ3) is 4.31. The Hall–Kier alpha value is -7.39. The Balaban J connectivity index is 1.29. The van der Waals surface area contributed by atoms with E-state index in [1.807, 2.05) is 60.7 Å². The number of hydrogen-bond acceptors (Lipinski definition) is 1. The van der Waals surface area contributed by atoms with E-state index in [0.29, 0.717) is 16.9 Å². The summed E-state index contributed by atoms with van der Waals surface area (Å²) >= 11 is 0. The molecule has 5 nitrogen and oxygen atoms in total. The molecule has 0 atom stereocenters. The zero-order valence-corrected chi connectivity index (χ0v) is 26.7. The van der Waals surface area contributed by atoms with Gasteiger partial charge in [-0.15, -0.1) is 0 Å². The van der Waals surface area contributed by atoms with Crippen LogP contribution in [0.3, 0.4) is 0 Å². The van der Waals surface area contributed by atoms with Gasteiger partial charge in [0.2, 0.25) is 5.69 Å². The van der Waals surface area contributed by atoms with Gasteiger partial charge in [-0.25, -0.2) is 9.69 Å². The maximum absolute atomic E-state index is 9.66. The zero-order chi connectivity index (χ0) is 33.8. The van der Waals surface area contributed by atoms with Crippen molar-refractivity contribution >= 4 is 55.0 Å². The fraction of sp³-hybridized carbons (Fsp3) is 0. The van der Waals surface area contributed by atoms with Crippen molar-refractivity contribution in [1.29, 1.82) is 5.26 Å². The Morgan fingerprint density at radius 2 is 1.14 bits per heavy atom.